The summed E-state index contributed by atoms with van der Waals surface area (Å²) < 4.78 is 2.84. The first kappa shape index (κ1) is 13.0. The molecule has 3 nitrogen and oxygen atoms in total. The van der Waals surface area contributed by atoms with E-state index in [1.807, 2.05) is 6.07 Å². The molecule has 1 heterocycles. The molecule has 2 aromatic rings. The van der Waals surface area contributed by atoms with Crippen LogP contribution in [0.2, 0.25) is 0 Å². The molecule has 0 aliphatic carbocycles. The first-order valence-corrected chi connectivity index (χ1v) is 6.66. The third kappa shape index (κ3) is 2.53. The fourth-order valence-corrected chi connectivity index (χ4v) is 2.76. The zero-order chi connectivity index (χ0) is 13.2. The van der Waals surface area contributed by atoms with Crippen LogP contribution in [0.3, 0.4) is 0 Å². The lowest BCUT2D eigenvalue weighted by molar-refractivity contribution is 0.337. The molecule has 0 fully saturated rings. The second kappa shape index (κ2) is 5.06. The Morgan fingerprint density at radius 2 is 1.94 bits per heavy atom. The van der Waals surface area contributed by atoms with Crippen LogP contribution in [0.4, 0.5) is 0 Å². The van der Waals surface area contributed by atoms with Gasteiger partial charge in [-0.3, -0.25) is 9.67 Å². The number of H-pyrrole nitrogens is 1. The standard InChI is InChI=1S/C14H19N3S/c1-4-12-15-16-13(18)17(12)14(2,3)10-11-8-6-5-7-9-11/h5-9H,4,10H2,1-3H3,(H,16,18). The van der Waals surface area contributed by atoms with Gasteiger partial charge in [0.2, 0.25) is 0 Å². The van der Waals surface area contributed by atoms with Crippen molar-refractivity contribution in [1.29, 1.82) is 0 Å². The van der Waals surface area contributed by atoms with Crippen molar-refractivity contribution >= 4 is 12.2 Å². The number of aromatic nitrogens is 3. The quantitative estimate of drug-likeness (QED) is 0.855. The van der Waals surface area contributed by atoms with Gasteiger partial charge in [0.15, 0.2) is 4.77 Å². The molecular weight excluding hydrogens is 242 g/mol. The highest BCUT2D eigenvalue weighted by molar-refractivity contribution is 7.71. The van der Waals surface area contributed by atoms with Crippen LogP contribution in [0.5, 0.6) is 0 Å². The summed E-state index contributed by atoms with van der Waals surface area (Å²) in [6.45, 7) is 6.50. The molecule has 0 aliphatic rings. The van der Waals surface area contributed by atoms with Crippen molar-refractivity contribution in [3.05, 3.63) is 46.5 Å². The topological polar surface area (TPSA) is 33.6 Å². The molecule has 0 atom stereocenters. The molecule has 0 spiro atoms. The van der Waals surface area contributed by atoms with E-state index in [0.717, 1.165) is 18.7 Å². The smallest absolute Gasteiger partial charge is 0.195 e. The molecule has 0 saturated heterocycles. The number of nitrogens with one attached hydrogen (secondary N) is 1. The van der Waals surface area contributed by atoms with Crippen LogP contribution in [0.15, 0.2) is 30.3 Å². The van der Waals surface area contributed by atoms with Gasteiger partial charge in [0.25, 0.3) is 0 Å². The van der Waals surface area contributed by atoms with Crippen molar-refractivity contribution in [1.82, 2.24) is 14.8 Å². The predicted octanol–water partition coefficient (Wildman–Crippen LogP) is 3.48. The maximum Gasteiger partial charge on any atom is 0.195 e. The zero-order valence-corrected chi connectivity index (χ0v) is 11.9. The molecule has 1 aromatic heterocycles. The highest BCUT2D eigenvalue weighted by Crippen LogP contribution is 2.23. The molecule has 0 saturated carbocycles. The Morgan fingerprint density at radius 3 is 2.56 bits per heavy atom. The average molecular weight is 261 g/mol. The van der Waals surface area contributed by atoms with E-state index in [1.165, 1.54) is 5.56 Å². The summed E-state index contributed by atoms with van der Waals surface area (Å²) in [5.41, 5.74) is 1.24. The SMILES string of the molecule is CCc1n[nH]c(=S)n1C(C)(C)Cc1ccccc1. The lowest BCUT2D eigenvalue weighted by Crippen LogP contribution is -2.30. The largest absolute Gasteiger partial charge is 0.298 e. The predicted molar refractivity (Wildman–Crippen MR) is 76.3 cm³/mol. The van der Waals surface area contributed by atoms with Crippen molar-refractivity contribution in [2.45, 2.75) is 39.2 Å². The first-order chi connectivity index (χ1) is 8.54. The molecule has 0 radical (unpaired) electrons. The second-order valence-corrected chi connectivity index (χ2v) is 5.50. The summed E-state index contributed by atoms with van der Waals surface area (Å²) in [7, 11) is 0. The molecule has 0 bridgehead atoms. The molecule has 96 valence electrons. The van der Waals surface area contributed by atoms with Crippen LogP contribution >= 0.6 is 12.2 Å². The second-order valence-electron chi connectivity index (χ2n) is 5.11. The molecule has 2 rings (SSSR count). The fraction of sp³-hybridized carbons (Fsp3) is 0.429. The average Bonchev–Trinajstić information content (AvgIpc) is 2.72. The zero-order valence-electron chi connectivity index (χ0n) is 11.1. The lowest BCUT2D eigenvalue weighted by Gasteiger charge is -2.28. The lowest BCUT2D eigenvalue weighted by atomic mass is 9.94. The molecule has 0 aliphatic heterocycles. The van der Waals surface area contributed by atoms with Crippen molar-refractivity contribution in [2.24, 2.45) is 0 Å². The van der Waals surface area contributed by atoms with Gasteiger partial charge in [0, 0.05) is 12.0 Å². The van der Waals surface area contributed by atoms with Crippen molar-refractivity contribution in [2.75, 3.05) is 0 Å². The van der Waals surface area contributed by atoms with Crippen LogP contribution in [0.1, 0.15) is 32.2 Å². The summed E-state index contributed by atoms with van der Waals surface area (Å²) in [6.07, 6.45) is 1.82. The molecule has 1 N–H and O–H groups in total. The van der Waals surface area contributed by atoms with E-state index in [2.05, 4.69) is 59.8 Å². The van der Waals surface area contributed by atoms with E-state index in [1.54, 1.807) is 0 Å². The van der Waals surface area contributed by atoms with Gasteiger partial charge in [-0.1, -0.05) is 37.3 Å². The number of benzene rings is 1. The van der Waals surface area contributed by atoms with Crippen molar-refractivity contribution < 1.29 is 0 Å². The van der Waals surface area contributed by atoms with Crippen LogP contribution in [-0.4, -0.2) is 14.8 Å². The number of aryl methyl sites for hydroxylation is 1. The summed E-state index contributed by atoms with van der Waals surface area (Å²) in [6, 6.07) is 10.5. The maximum absolute atomic E-state index is 5.35. The normalized spacial score (nSPS) is 11.7. The van der Waals surface area contributed by atoms with Crippen LogP contribution in [0, 0.1) is 4.77 Å². The third-order valence-electron chi connectivity index (χ3n) is 3.14. The van der Waals surface area contributed by atoms with E-state index in [9.17, 15) is 0 Å². The van der Waals surface area contributed by atoms with Gasteiger partial charge in [-0.15, -0.1) is 0 Å². The van der Waals surface area contributed by atoms with Gasteiger partial charge in [0.1, 0.15) is 5.82 Å². The minimum atomic E-state index is -0.0726. The van der Waals surface area contributed by atoms with E-state index >= 15 is 0 Å². The fourth-order valence-electron chi connectivity index (χ4n) is 2.37. The highest BCUT2D eigenvalue weighted by atomic mass is 32.1. The minimum absolute atomic E-state index is 0.0726. The Kier molecular flexibility index (Phi) is 3.66. The van der Waals surface area contributed by atoms with Gasteiger partial charge in [-0.25, -0.2) is 0 Å². The summed E-state index contributed by atoms with van der Waals surface area (Å²) in [5, 5.41) is 7.18. The van der Waals surface area contributed by atoms with E-state index < -0.39 is 0 Å². The molecule has 0 unspecified atom stereocenters. The van der Waals surface area contributed by atoms with Crippen LogP contribution in [-0.2, 0) is 18.4 Å². The van der Waals surface area contributed by atoms with Crippen molar-refractivity contribution in [3.63, 3.8) is 0 Å². The monoisotopic (exact) mass is 261 g/mol. The highest BCUT2D eigenvalue weighted by Gasteiger charge is 2.24. The number of rotatable bonds is 4. The van der Waals surface area contributed by atoms with Gasteiger partial charge in [-0.2, -0.15) is 5.10 Å². The number of hydrogen-bond acceptors (Lipinski definition) is 2. The Hall–Kier alpha value is -1.42. The van der Waals surface area contributed by atoms with Gasteiger partial charge in [-0.05, 0) is 38.0 Å². The van der Waals surface area contributed by atoms with Gasteiger partial charge >= 0.3 is 0 Å². The number of aromatic amines is 1. The molecule has 4 heteroatoms. The number of hydrogen-bond donors (Lipinski definition) is 1. The molecule has 0 amide bonds. The van der Waals surface area contributed by atoms with E-state index in [0.29, 0.717) is 4.77 Å². The van der Waals surface area contributed by atoms with Gasteiger partial charge in [0.05, 0.1) is 0 Å². The Morgan fingerprint density at radius 1 is 1.28 bits per heavy atom. The number of nitrogens with zero attached hydrogens (tertiary/aromatic N) is 2. The summed E-state index contributed by atoms with van der Waals surface area (Å²) in [5.74, 6) is 1.01. The Bertz CT molecular complexity index is 566. The third-order valence-corrected chi connectivity index (χ3v) is 3.42. The van der Waals surface area contributed by atoms with Gasteiger partial charge < -0.3 is 0 Å². The minimum Gasteiger partial charge on any atom is -0.298 e. The summed E-state index contributed by atoms with van der Waals surface area (Å²) >= 11 is 5.35. The van der Waals surface area contributed by atoms with E-state index in [-0.39, 0.29) is 5.54 Å². The van der Waals surface area contributed by atoms with Crippen molar-refractivity contribution in [3.8, 4) is 0 Å². The maximum atomic E-state index is 5.35. The first-order valence-electron chi connectivity index (χ1n) is 6.25. The van der Waals surface area contributed by atoms with E-state index in [4.69, 9.17) is 12.2 Å². The Labute approximate surface area is 113 Å². The van der Waals surface area contributed by atoms with Crippen LogP contribution < -0.4 is 0 Å². The van der Waals surface area contributed by atoms with Crippen LogP contribution in [0.25, 0.3) is 0 Å². The molecular formula is C14H19N3S. The Balaban J connectivity index is 2.36. The molecule has 18 heavy (non-hydrogen) atoms. The summed E-state index contributed by atoms with van der Waals surface area (Å²) in [4.78, 5) is 0. The molecule has 1 aromatic carbocycles.